The van der Waals surface area contributed by atoms with E-state index in [-0.39, 0.29) is 0 Å². The highest BCUT2D eigenvalue weighted by atomic mass is 79.9. The van der Waals surface area contributed by atoms with Crippen molar-refractivity contribution < 1.29 is 9.47 Å². The molecule has 2 nitrogen and oxygen atoms in total. The van der Waals surface area contributed by atoms with Crippen LogP contribution in [-0.4, -0.2) is 6.61 Å². The second-order valence-corrected chi connectivity index (χ2v) is 6.89. The molecule has 3 aromatic rings. The second-order valence-electron chi connectivity index (χ2n) is 5.97. The third-order valence-electron chi connectivity index (χ3n) is 3.91. The summed E-state index contributed by atoms with van der Waals surface area (Å²) in [6, 6.07) is 24.5. The van der Waals surface area contributed by atoms with E-state index in [1.54, 1.807) is 0 Å². The first-order chi connectivity index (χ1) is 12.2. The van der Waals surface area contributed by atoms with E-state index in [1.165, 1.54) is 11.1 Å². The van der Waals surface area contributed by atoms with Crippen molar-refractivity contribution in [2.75, 3.05) is 6.61 Å². The maximum atomic E-state index is 5.83. The Bertz CT molecular complexity index is 795. The summed E-state index contributed by atoms with van der Waals surface area (Å²) in [6.07, 6.45) is 0.911. The molecule has 0 amide bonds. The van der Waals surface area contributed by atoms with Gasteiger partial charge in [-0.1, -0.05) is 64.0 Å². The summed E-state index contributed by atoms with van der Waals surface area (Å²) in [5, 5.41) is 0. The average Bonchev–Trinajstić information content (AvgIpc) is 2.63. The fourth-order valence-electron chi connectivity index (χ4n) is 2.45. The van der Waals surface area contributed by atoms with Crippen molar-refractivity contribution in [1.29, 1.82) is 0 Å². The van der Waals surface area contributed by atoms with Crippen LogP contribution in [0.5, 0.6) is 11.5 Å². The molecule has 0 radical (unpaired) electrons. The van der Waals surface area contributed by atoms with Gasteiger partial charge in [0.25, 0.3) is 0 Å². The van der Waals surface area contributed by atoms with Gasteiger partial charge in [-0.15, -0.1) is 0 Å². The zero-order chi connectivity index (χ0) is 17.5. The van der Waals surface area contributed by atoms with Gasteiger partial charge in [0, 0.05) is 10.9 Å². The highest BCUT2D eigenvalue weighted by molar-refractivity contribution is 9.10. The van der Waals surface area contributed by atoms with Gasteiger partial charge >= 0.3 is 0 Å². The van der Waals surface area contributed by atoms with Gasteiger partial charge in [-0.05, 0) is 48.4 Å². The lowest BCUT2D eigenvalue weighted by molar-refractivity contribution is 0.304. The van der Waals surface area contributed by atoms with E-state index in [4.69, 9.17) is 9.47 Å². The van der Waals surface area contributed by atoms with Crippen LogP contribution in [0, 0.1) is 6.92 Å². The number of aryl methyl sites for hydroxylation is 1. The van der Waals surface area contributed by atoms with E-state index in [2.05, 4.69) is 47.1 Å². The first-order valence-corrected chi connectivity index (χ1v) is 9.14. The Hall–Kier alpha value is -2.26. The molecule has 0 unspecified atom stereocenters. The zero-order valence-corrected chi connectivity index (χ0v) is 15.8. The lowest BCUT2D eigenvalue weighted by Gasteiger charge is -2.09. The number of ether oxygens (including phenoxy) is 2. The van der Waals surface area contributed by atoms with E-state index in [0.717, 1.165) is 28.0 Å². The average molecular weight is 397 g/mol. The molecule has 0 atom stereocenters. The zero-order valence-electron chi connectivity index (χ0n) is 14.2. The van der Waals surface area contributed by atoms with E-state index >= 15 is 0 Å². The SMILES string of the molecule is Cc1ccc(CCOc2ccc(COc3cccc(Br)c3)cc2)cc1. The Morgan fingerprint density at radius 1 is 0.760 bits per heavy atom. The van der Waals surface area contributed by atoms with Gasteiger partial charge in [-0.25, -0.2) is 0 Å². The van der Waals surface area contributed by atoms with Gasteiger partial charge in [-0.3, -0.25) is 0 Å². The van der Waals surface area contributed by atoms with Gasteiger partial charge in [-0.2, -0.15) is 0 Å². The minimum absolute atomic E-state index is 0.542. The summed E-state index contributed by atoms with van der Waals surface area (Å²) in [7, 11) is 0. The third kappa shape index (κ3) is 5.64. The van der Waals surface area contributed by atoms with Crippen LogP contribution in [0.2, 0.25) is 0 Å². The molecule has 0 N–H and O–H groups in total. The predicted molar refractivity (Wildman–Crippen MR) is 105 cm³/mol. The summed E-state index contributed by atoms with van der Waals surface area (Å²) in [5.41, 5.74) is 3.70. The first-order valence-electron chi connectivity index (χ1n) is 8.35. The van der Waals surface area contributed by atoms with Crippen LogP contribution < -0.4 is 9.47 Å². The molecule has 0 saturated heterocycles. The molecule has 0 spiro atoms. The maximum Gasteiger partial charge on any atom is 0.120 e. The molecule has 3 heteroatoms. The smallest absolute Gasteiger partial charge is 0.120 e. The summed E-state index contributed by atoms with van der Waals surface area (Å²) in [4.78, 5) is 0. The highest BCUT2D eigenvalue weighted by Gasteiger charge is 1.99. The van der Waals surface area contributed by atoms with Crippen LogP contribution >= 0.6 is 15.9 Å². The van der Waals surface area contributed by atoms with Crippen LogP contribution in [0.3, 0.4) is 0 Å². The van der Waals surface area contributed by atoms with Crippen LogP contribution in [0.25, 0.3) is 0 Å². The molecule has 0 bridgehead atoms. The molecule has 0 aliphatic rings. The van der Waals surface area contributed by atoms with Crippen molar-refractivity contribution in [1.82, 2.24) is 0 Å². The lowest BCUT2D eigenvalue weighted by atomic mass is 10.1. The molecule has 0 heterocycles. The fourth-order valence-corrected chi connectivity index (χ4v) is 2.83. The molecule has 3 rings (SSSR count). The maximum absolute atomic E-state index is 5.83. The fraction of sp³-hybridized carbons (Fsp3) is 0.182. The molecule has 0 aromatic heterocycles. The van der Waals surface area contributed by atoms with E-state index in [9.17, 15) is 0 Å². The van der Waals surface area contributed by atoms with E-state index in [0.29, 0.717) is 13.2 Å². The lowest BCUT2D eigenvalue weighted by Crippen LogP contribution is -2.01. The topological polar surface area (TPSA) is 18.5 Å². The minimum atomic E-state index is 0.542. The highest BCUT2D eigenvalue weighted by Crippen LogP contribution is 2.20. The largest absolute Gasteiger partial charge is 0.493 e. The predicted octanol–water partition coefficient (Wildman–Crippen LogP) is 5.96. The summed E-state index contributed by atoms with van der Waals surface area (Å²) in [5.74, 6) is 1.74. The summed E-state index contributed by atoms with van der Waals surface area (Å²) in [6.45, 7) is 3.32. The Balaban J connectivity index is 1.46. The van der Waals surface area contributed by atoms with Crippen molar-refractivity contribution in [3.63, 3.8) is 0 Å². The van der Waals surface area contributed by atoms with Crippen molar-refractivity contribution >= 4 is 15.9 Å². The molecule has 3 aromatic carbocycles. The van der Waals surface area contributed by atoms with Crippen LogP contribution in [-0.2, 0) is 13.0 Å². The number of halogens is 1. The Morgan fingerprint density at radius 2 is 1.48 bits per heavy atom. The molecule has 0 aliphatic heterocycles. The summed E-state index contributed by atoms with van der Waals surface area (Å²) < 4.78 is 12.6. The molecule has 25 heavy (non-hydrogen) atoms. The van der Waals surface area contributed by atoms with Crippen molar-refractivity contribution in [2.45, 2.75) is 20.0 Å². The Kier molecular flexibility index (Phi) is 6.13. The van der Waals surface area contributed by atoms with Gasteiger partial charge < -0.3 is 9.47 Å². The molecular formula is C22H21BrO2. The number of hydrogen-bond acceptors (Lipinski definition) is 2. The molecule has 0 aliphatic carbocycles. The van der Waals surface area contributed by atoms with Gasteiger partial charge in [0.1, 0.15) is 18.1 Å². The van der Waals surface area contributed by atoms with Crippen LogP contribution in [0.15, 0.2) is 77.3 Å². The van der Waals surface area contributed by atoms with Gasteiger partial charge in [0.15, 0.2) is 0 Å². The molecular weight excluding hydrogens is 376 g/mol. The standard InChI is InChI=1S/C22H21BrO2/c1-17-5-7-18(8-6-17)13-14-24-21-11-9-19(10-12-21)16-25-22-4-2-3-20(23)15-22/h2-12,15H,13-14,16H2,1H3. The second kappa shape index (κ2) is 8.72. The number of hydrogen-bond donors (Lipinski definition) is 0. The van der Waals surface area contributed by atoms with Crippen molar-refractivity contribution in [3.8, 4) is 11.5 Å². The van der Waals surface area contributed by atoms with E-state index in [1.807, 2.05) is 48.5 Å². The number of benzene rings is 3. The van der Waals surface area contributed by atoms with Crippen molar-refractivity contribution in [3.05, 3.63) is 94.0 Å². The van der Waals surface area contributed by atoms with Gasteiger partial charge in [0.05, 0.1) is 6.61 Å². The number of rotatable bonds is 7. The molecule has 0 fully saturated rings. The normalized spacial score (nSPS) is 10.5. The van der Waals surface area contributed by atoms with Crippen LogP contribution in [0.4, 0.5) is 0 Å². The third-order valence-corrected chi connectivity index (χ3v) is 4.40. The summed E-state index contributed by atoms with van der Waals surface area (Å²) >= 11 is 3.45. The van der Waals surface area contributed by atoms with Crippen molar-refractivity contribution in [2.24, 2.45) is 0 Å². The minimum Gasteiger partial charge on any atom is -0.493 e. The Morgan fingerprint density at radius 3 is 2.20 bits per heavy atom. The van der Waals surface area contributed by atoms with Crippen LogP contribution in [0.1, 0.15) is 16.7 Å². The first kappa shape index (κ1) is 17.6. The Labute approximate surface area is 157 Å². The van der Waals surface area contributed by atoms with E-state index < -0.39 is 0 Å². The quantitative estimate of drug-likeness (QED) is 0.490. The molecule has 0 saturated carbocycles. The molecule has 128 valence electrons. The monoisotopic (exact) mass is 396 g/mol. The van der Waals surface area contributed by atoms with Gasteiger partial charge in [0.2, 0.25) is 0 Å².